The van der Waals surface area contributed by atoms with E-state index in [9.17, 15) is 0 Å². The molecule has 114 valence electrons. The summed E-state index contributed by atoms with van der Waals surface area (Å²) >= 11 is 5.96. The number of aromatic nitrogens is 2. The Morgan fingerprint density at radius 2 is 1.95 bits per heavy atom. The summed E-state index contributed by atoms with van der Waals surface area (Å²) in [6.07, 6.45) is 4.26. The fourth-order valence-corrected chi connectivity index (χ4v) is 3.00. The number of hydrogen-bond donors (Lipinski definition) is 0. The molecule has 0 N–H and O–H groups in total. The highest BCUT2D eigenvalue weighted by molar-refractivity contribution is 6.30. The van der Waals surface area contributed by atoms with Crippen molar-refractivity contribution in [3.8, 4) is 0 Å². The van der Waals surface area contributed by atoms with Gasteiger partial charge in [-0.3, -0.25) is 0 Å². The molecule has 1 aliphatic heterocycles. The van der Waals surface area contributed by atoms with Gasteiger partial charge in [-0.1, -0.05) is 23.7 Å². The summed E-state index contributed by atoms with van der Waals surface area (Å²) in [6.45, 7) is 2.38. The number of anilines is 1. The van der Waals surface area contributed by atoms with Crippen molar-refractivity contribution in [1.29, 1.82) is 0 Å². The van der Waals surface area contributed by atoms with Gasteiger partial charge in [0.15, 0.2) is 0 Å². The molecule has 2 aliphatic rings. The van der Waals surface area contributed by atoms with E-state index in [1.807, 2.05) is 24.3 Å². The number of morpholine rings is 1. The van der Waals surface area contributed by atoms with Gasteiger partial charge < -0.3 is 9.64 Å². The van der Waals surface area contributed by atoms with E-state index in [4.69, 9.17) is 16.3 Å². The zero-order chi connectivity index (χ0) is 14.9. The van der Waals surface area contributed by atoms with Crippen LogP contribution in [0.5, 0.6) is 0 Å². The van der Waals surface area contributed by atoms with E-state index in [0.29, 0.717) is 12.5 Å². The van der Waals surface area contributed by atoms with Gasteiger partial charge in [-0.2, -0.15) is 0 Å². The summed E-state index contributed by atoms with van der Waals surface area (Å²) < 4.78 is 5.92. The summed E-state index contributed by atoms with van der Waals surface area (Å²) in [5, 5.41) is 0.751. The van der Waals surface area contributed by atoms with Crippen LogP contribution in [0.1, 0.15) is 36.1 Å². The van der Waals surface area contributed by atoms with Gasteiger partial charge in [-0.15, -0.1) is 0 Å². The molecule has 0 radical (unpaired) electrons. The molecular weight excluding hydrogens is 298 g/mol. The molecule has 1 saturated heterocycles. The largest absolute Gasteiger partial charge is 0.370 e. The third-order valence-electron chi connectivity index (χ3n) is 4.30. The highest BCUT2D eigenvalue weighted by atomic mass is 35.5. The lowest BCUT2D eigenvalue weighted by Gasteiger charge is -2.34. The quantitative estimate of drug-likeness (QED) is 0.867. The van der Waals surface area contributed by atoms with Crippen LogP contribution in [0.4, 0.5) is 5.82 Å². The number of halogens is 1. The molecule has 2 aromatic rings. The minimum atomic E-state index is 0.0605. The fourth-order valence-electron chi connectivity index (χ4n) is 2.87. The van der Waals surface area contributed by atoms with Gasteiger partial charge in [0.25, 0.3) is 0 Å². The molecule has 4 rings (SSSR count). The van der Waals surface area contributed by atoms with Crippen LogP contribution in [-0.4, -0.2) is 29.7 Å². The molecule has 1 atom stereocenters. The van der Waals surface area contributed by atoms with E-state index < -0.39 is 0 Å². The van der Waals surface area contributed by atoms with E-state index >= 15 is 0 Å². The number of nitrogens with zero attached hydrogens (tertiary/aromatic N) is 3. The molecule has 2 fully saturated rings. The third kappa shape index (κ3) is 2.94. The topological polar surface area (TPSA) is 38.2 Å². The van der Waals surface area contributed by atoms with Crippen LogP contribution in [0.25, 0.3) is 0 Å². The zero-order valence-corrected chi connectivity index (χ0v) is 13.0. The fraction of sp³-hybridized carbons (Fsp3) is 0.412. The predicted molar refractivity (Wildman–Crippen MR) is 86.4 cm³/mol. The van der Waals surface area contributed by atoms with Gasteiger partial charge in [0.05, 0.1) is 6.61 Å². The van der Waals surface area contributed by atoms with E-state index in [1.54, 1.807) is 6.33 Å². The van der Waals surface area contributed by atoms with E-state index in [0.717, 1.165) is 29.5 Å². The number of rotatable bonds is 3. The molecule has 1 aliphatic carbocycles. The van der Waals surface area contributed by atoms with Crippen LogP contribution in [-0.2, 0) is 4.74 Å². The van der Waals surface area contributed by atoms with Crippen LogP contribution in [0, 0.1) is 0 Å². The summed E-state index contributed by atoms with van der Waals surface area (Å²) in [7, 11) is 0. The zero-order valence-electron chi connectivity index (χ0n) is 12.3. The van der Waals surface area contributed by atoms with Crippen molar-refractivity contribution in [3.63, 3.8) is 0 Å². The van der Waals surface area contributed by atoms with Crippen molar-refractivity contribution >= 4 is 17.4 Å². The van der Waals surface area contributed by atoms with Crippen LogP contribution in [0.3, 0.4) is 0 Å². The Bertz CT molecular complexity index is 657. The molecule has 22 heavy (non-hydrogen) atoms. The first kappa shape index (κ1) is 14.0. The van der Waals surface area contributed by atoms with Crippen LogP contribution < -0.4 is 4.90 Å². The van der Waals surface area contributed by atoms with Crippen LogP contribution in [0.2, 0.25) is 5.02 Å². The first-order valence-electron chi connectivity index (χ1n) is 7.73. The smallest absolute Gasteiger partial charge is 0.132 e. The van der Waals surface area contributed by atoms with E-state index in [2.05, 4.69) is 20.9 Å². The Morgan fingerprint density at radius 1 is 1.14 bits per heavy atom. The summed E-state index contributed by atoms with van der Waals surface area (Å²) in [5.41, 5.74) is 2.34. The lowest BCUT2D eigenvalue weighted by Crippen LogP contribution is -2.38. The van der Waals surface area contributed by atoms with E-state index in [-0.39, 0.29) is 6.10 Å². The van der Waals surface area contributed by atoms with Crippen molar-refractivity contribution in [2.45, 2.75) is 24.9 Å². The molecule has 1 aromatic heterocycles. The second-order valence-corrected chi connectivity index (χ2v) is 6.37. The summed E-state index contributed by atoms with van der Waals surface area (Å²) in [5.74, 6) is 1.66. The molecule has 0 spiro atoms. The minimum Gasteiger partial charge on any atom is -0.370 e. The Kier molecular flexibility index (Phi) is 3.72. The molecule has 4 nitrogen and oxygen atoms in total. The van der Waals surface area contributed by atoms with Crippen LogP contribution in [0.15, 0.2) is 36.7 Å². The third-order valence-corrected chi connectivity index (χ3v) is 4.55. The Balaban J connectivity index is 1.53. The van der Waals surface area contributed by atoms with Gasteiger partial charge in [0.2, 0.25) is 0 Å². The van der Waals surface area contributed by atoms with Gasteiger partial charge in [-0.25, -0.2) is 9.97 Å². The van der Waals surface area contributed by atoms with E-state index in [1.165, 1.54) is 18.5 Å². The molecule has 0 bridgehead atoms. The number of benzene rings is 1. The Morgan fingerprint density at radius 3 is 2.73 bits per heavy atom. The molecule has 2 heterocycles. The Labute approximate surface area is 135 Å². The van der Waals surface area contributed by atoms with Crippen molar-refractivity contribution in [3.05, 3.63) is 52.9 Å². The molecule has 1 aromatic carbocycles. The lowest BCUT2D eigenvalue weighted by molar-refractivity contribution is 0.0395. The van der Waals surface area contributed by atoms with Crippen molar-refractivity contribution in [2.24, 2.45) is 0 Å². The molecule has 0 amide bonds. The van der Waals surface area contributed by atoms with Gasteiger partial charge >= 0.3 is 0 Å². The first-order valence-corrected chi connectivity index (χ1v) is 8.11. The number of hydrogen-bond acceptors (Lipinski definition) is 4. The molecule has 0 unspecified atom stereocenters. The highest BCUT2D eigenvalue weighted by Gasteiger charge is 2.27. The lowest BCUT2D eigenvalue weighted by atomic mass is 10.1. The van der Waals surface area contributed by atoms with Crippen molar-refractivity contribution in [2.75, 3.05) is 24.6 Å². The summed E-state index contributed by atoms with van der Waals surface area (Å²) in [6, 6.07) is 10.0. The standard InChI is InChI=1S/C17H18ClN3O/c18-14-5-3-13(4-6-14)16-10-21(7-8-22-16)17-9-15(12-1-2-12)19-11-20-17/h3-6,9,11-12,16H,1-2,7-8,10H2/t16-/m0/s1. The minimum absolute atomic E-state index is 0.0605. The monoisotopic (exact) mass is 315 g/mol. The summed E-state index contributed by atoms with van der Waals surface area (Å²) in [4.78, 5) is 11.1. The van der Waals surface area contributed by atoms with Gasteiger partial charge in [0.1, 0.15) is 18.2 Å². The second kappa shape index (κ2) is 5.86. The molecule has 5 heteroatoms. The van der Waals surface area contributed by atoms with Gasteiger partial charge in [0, 0.05) is 35.8 Å². The highest BCUT2D eigenvalue weighted by Crippen LogP contribution is 2.39. The normalized spacial score (nSPS) is 21.9. The second-order valence-electron chi connectivity index (χ2n) is 5.93. The van der Waals surface area contributed by atoms with Gasteiger partial charge in [-0.05, 0) is 30.5 Å². The molecular formula is C17H18ClN3O. The first-order chi connectivity index (χ1) is 10.8. The average Bonchev–Trinajstić information content (AvgIpc) is 3.41. The predicted octanol–water partition coefficient (Wildman–Crippen LogP) is 3.59. The molecule has 1 saturated carbocycles. The number of ether oxygens (including phenoxy) is 1. The Hall–Kier alpha value is -1.65. The maximum atomic E-state index is 5.96. The van der Waals surface area contributed by atoms with Crippen molar-refractivity contribution < 1.29 is 4.74 Å². The maximum absolute atomic E-state index is 5.96. The average molecular weight is 316 g/mol. The van der Waals surface area contributed by atoms with Crippen LogP contribution >= 0.6 is 11.6 Å². The SMILES string of the molecule is Clc1ccc([C@@H]2CN(c3cc(C4CC4)ncn3)CCO2)cc1. The van der Waals surface area contributed by atoms with Crippen molar-refractivity contribution in [1.82, 2.24) is 9.97 Å². The maximum Gasteiger partial charge on any atom is 0.132 e.